The maximum Gasteiger partial charge on any atom is 0.310 e. The molecule has 0 spiro atoms. The minimum Gasteiger partial charge on any atom is -0.492 e. The average Bonchev–Trinajstić information content (AvgIpc) is 2.89. The number of ether oxygens (including phenoxy) is 3. The molecule has 0 aliphatic heterocycles. The molecule has 1 aromatic heterocycles. The zero-order chi connectivity index (χ0) is 27.3. The van der Waals surface area contributed by atoms with Gasteiger partial charge in [-0.3, -0.25) is 9.59 Å². The lowest BCUT2D eigenvalue weighted by atomic mass is 10.1. The van der Waals surface area contributed by atoms with Crippen molar-refractivity contribution < 1.29 is 28.9 Å². The summed E-state index contributed by atoms with van der Waals surface area (Å²) in [7, 11) is 3.91. The number of carboxylic acids is 1. The van der Waals surface area contributed by atoms with Crippen molar-refractivity contribution in [3.8, 4) is 11.5 Å². The molecule has 202 valence electrons. The molecule has 9 nitrogen and oxygen atoms in total. The fourth-order valence-corrected chi connectivity index (χ4v) is 3.71. The summed E-state index contributed by atoms with van der Waals surface area (Å²) in [5, 5.41) is 8.97. The number of esters is 1. The van der Waals surface area contributed by atoms with E-state index in [-0.39, 0.29) is 18.8 Å². The number of rotatable bonds is 15. The largest absolute Gasteiger partial charge is 0.492 e. The van der Waals surface area contributed by atoms with Crippen molar-refractivity contribution in [2.75, 3.05) is 56.8 Å². The molecule has 0 saturated carbocycles. The van der Waals surface area contributed by atoms with E-state index in [0.29, 0.717) is 50.0 Å². The van der Waals surface area contributed by atoms with E-state index in [9.17, 15) is 9.59 Å². The predicted octanol–water partition coefficient (Wildman–Crippen LogP) is 3.84. The standard InChI is InChI=1S/C29H35N3O6/c1-4-36-29(35)21-23-9-6-11-25(19-23)38-17-15-32(3)27-13-7-12-26(30-27)31(2)14-16-37-24-10-5-8-22(18-24)20-28(33)34/h5-13,18-19H,4,14-17,20-21H2,1-3H3,(H,33,34). The van der Waals surface area contributed by atoms with Crippen molar-refractivity contribution >= 4 is 23.6 Å². The molecule has 0 fully saturated rings. The lowest BCUT2D eigenvalue weighted by molar-refractivity contribution is -0.142. The van der Waals surface area contributed by atoms with Gasteiger partial charge in [0.05, 0.1) is 32.5 Å². The van der Waals surface area contributed by atoms with Crippen LogP contribution in [-0.4, -0.2) is 69.0 Å². The van der Waals surface area contributed by atoms with Crippen molar-refractivity contribution in [3.63, 3.8) is 0 Å². The van der Waals surface area contributed by atoms with Crippen LogP contribution < -0.4 is 19.3 Å². The lowest BCUT2D eigenvalue weighted by Gasteiger charge is -2.22. The maximum atomic E-state index is 11.7. The quantitative estimate of drug-likeness (QED) is 0.299. The summed E-state index contributed by atoms with van der Waals surface area (Å²) in [5.41, 5.74) is 1.55. The van der Waals surface area contributed by atoms with E-state index in [1.807, 2.05) is 72.4 Å². The molecule has 0 atom stereocenters. The fraction of sp³-hybridized carbons (Fsp3) is 0.345. The van der Waals surface area contributed by atoms with Gasteiger partial charge in [-0.05, 0) is 54.4 Å². The summed E-state index contributed by atoms with van der Waals surface area (Å²) >= 11 is 0. The van der Waals surface area contributed by atoms with Crippen molar-refractivity contribution in [1.29, 1.82) is 0 Å². The zero-order valence-corrected chi connectivity index (χ0v) is 22.1. The Bertz CT molecular complexity index is 1200. The van der Waals surface area contributed by atoms with Crippen molar-refractivity contribution in [2.24, 2.45) is 0 Å². The molecule has 0 radical (unpaired) electrons. The van der Waals surface area contributed by atoms with Gasteiger partial charge in [0.25, 0.3) is 0 Å². The highest BCUT2D eigenvalue weighted by atomic mass is 16.5. The molecular formula is C29H35N3O6. The van der Waals surface area contributed by atoms with Gasteiger partial charge in [0.2, 0.25) is 0 Å². The van der Waals surface area contributed by atoms with Gasteiger partial charge in [-0.2, -0.15) is 0 Å². The zero-order valence-electron chi connectivity index (χ0n) is 22.1. The number of benzene rings is 2. The SMILES string of the molecule is CCOC(=O)Cc1cccc(OCCN(C)c2cccc(N(C)CCOc3cccc(CC(=O)O)c3)n2)c1. The van der Waals surface area contributed by atoms with Crippen LogP contribution in [0.25, 0.3) is 0 Å². The summed E-state index contributed by atoms with van der Waals surface area (Å²) < 4.78 is 16.7. The van der Waals surface area contributed by atoms with Crippen LogP contribution in [0.15, 0.2) is 66.7 Å². The fourth-order valence-electron chi connectivity index (χ4n) is 3.71. The van der Waals surface area contributed by atoms with Gasteiger partial charge < -0.3 is 29.1 Å². The van der Waals surface area contributed by atoms with Gasteiger partial charge in [0, 0.05) is 14.1 Å². The highest BCUT2D eigenvalue weighted by Crippen LogP contribution is 2.18. The second-order valence-electron chi connectivity index (χ2n) is 8.74. The molecule has 0 unspecified atom stereocenters. The molecule has 0 aliphatic rings. The first-order valence-corrected chi connectivity index (χ1v) is 12.5. The Labute approximate surface area is 223 Å². The van der Waals surface area contributed by atoms with Crippen molar-refractivity contribution in [2.45, 2.75) is 19.8 Å². The van der Waals surface area contributed by atoms with E-state index < -0.39 is 5.97 Å². The molecule has 1 N–H and O–H groups in total. The van der Waals surface area contributed by atoms with Crippen molar-refractivity contribution in [3.05, 3.63) is 77.9 Å². The molecule has 3 rings (SSSR count). The van der Waals surface area contributed by atoms with Gasteiger partial charge in [-0.25, -0.2) is 4.98 Å². The molecule has 0 bridgehead atoms. The van der Waals surface area contributed by atoms with E-state index in [4.69, 9.17) is 24.3 Å². The first-order chi connectivity index (χ1) is 18.3. The molecule has 1 heterocycles. The monoisotopic (exact) mass is 521 g/mol. The number of hydrogen-bond acceptors (Lipinski definition) is 8. The number of carboxylic acid groups (broad SMARTS) is 1. The maximum absolute atomic E-state index is 11.7. The Morgan fingerprint density at radius 1 is 0.789 bits per heavy atom. The van der Waals surface area contributed by atoms with Gasteiger partial charge in [0.15, 0.2) is 0 Å². The first-order valence-electron chi connectivity index (χ1n) is 12.5. The number of likely N-dealkylation sites (N-methyl/N-ethyl adjacent to an activating group) is 2. The summed E-state index contributed by atoms with van der Waals surface area (Å²) in [6.07, 6.45) is 0.186. The number of aliphatic carboxylic acids is 1. The molecule has 0 aliphatic carbocycles. The van der Waals surface area contributed by atoms with E-state index in [1.54, 1.807) is 25.1 Å². The molecular weight excluding hydrogens is 486 g/mol. The van der Waals surface area contributed by atoms with Crippen LogP contribution in [0.5, 0.6) is 11.5 Å². The van der Waals surface area contributed by atoms with Crippen LogP contribution in [-0.2, 0) is 27.2 Å². The minimum absolute atomic E-state index is 0.0335. The van der Waals surface area contributed by atoms with Crippen LogP contribution in [0.4, 0.5) is 11.6 Å². The molecule has 9 heteroatoms. The van der Waals surface area contributed by atoms with Crippen LogP contribution in [0.2, 0.25) is 0 Å². The Morgan fingerprint density at radius 3 is 1.79 bits per heavy atom. The van der Waals surface area contributed by atoms with Crippen LogP contribution >= 0.6 is 0 Å². The Hall–Kier alpha value is -4.27. The van der Waals surface area contributed by atoms with Gasteiger partial charge in [-0.1, -0.05) is 30.3 Å². The second-order valence-corrected chi connectivity index (χ2v) is 8.74. The van der Waals surface area contributed by atoms with E-state index >= 15 is 0 Å². The van der Waals surface area contributed by atoms with E-state index in [0.717, 1.165) is 17.2 Å². The molecule has 0 saturated heterocycles. The number of carbonyl (C=O) groups is 2. The summed E-state index contributed by atoms with van der Waals surface area (Å²) in [5.74, 6) is 1.85. The van der Waals surface area contributed by atoms with Crippen LogP contribution in [0.1, 0.15) is 18.1 Å². The predicted molar refractivity (Wildman–Crippen MR) is 146 cm³/mol. The Balaban J connectivity index is 1.47. The Kier molecular flexibility index (Phi) is 10.8. The topological polar surface area (TPSA) is 101 Å². The van der Waals surface area contributed by atoms with Gasteiger partial charge in [-0.15, -0.1) is 0 Å². The molecule has 0 amide bonds. The molecule has 2 aromatic carbocycles. The van der Waals surface area contributed by atoms with Crippen LogP contribution in [0.3, 0.4) is 0 Å². The summed E-state index contributed by atoms with van der Waals surface area (Å²) in [6.45, 7) is 4.27. The second kappa shape index (κ2) is 14.5. The highest BCUT2D eigenvalue weighted by Gasteiger charge is 2.09. The Morgan fingerprint density at radius 2 is 1.29 bits per heavy atom. The number of pyridine rings is 1. The highest BCUT2D eigenvalue weighted by molar-refractivity contribution is 5.72. The number of anilines is 2. The first kappa shape index (κ1) is 28.3. The van der Waals surface area contributed by atoms with Crippen molar-refractivity contribution in [1.82, 2.24) is 4.98 Å². The normalized spacial score (nSPS) is 10.5. The third-order valence-corrected chi connectivity index (χ3v) is 5.70. The van der Waals surface area contributed by atoms with Crippen LogP contribution in [0, 0.1) is 0 Å². The third kappa shape index (κ3) is 9.31. The van der Waals surface area contributed by atoms with Gasteiger partial charge >= 0.3 is 11.9 Å². The third-order valence-electron chi connectivity index (χ3n) is 5.70. The number of nitrogens with zero attached hydrogens (tertiary/aromatic N) is 3. The summed E-state index contributed by atoms with van der Waals surface area (Å²) in [4.78, 5) is 31.4. The van der Waals surface area contributed by atoms with E-state index in [2.05, 4.69) is 0 Å². The number of aromatic nitrogens is 1. The van der Waals surface area contributed by atoms with Gasteiger partial charge in [0.1, 0.15) is 36.3 Å². The number of hydrogen-bond donors (Lipinski definition) is 1. The molecule has 38 heavy (non-hydrogen) atoms. The minimum atomic E-state index is -0.871. The number of carbonyl (C=O) groups excluding carboxylic acids is 1. The summed E-state index contributed by atoms with van der Waals surface area (Å²) in [6, 6.07) is 20.4. The molecule has 3 aromatic rings. The lowest BCUT2D eigenvalue weighted by Crippen LogP contribution is -2.27. The average molecular weight is 522 g/mol. The smallest absolute Gasteiger partial charge is 0.310 e. The van der Waals surface area contributed by atoms with E-state index in [1.165, 1.54) is 0 Å².